The van der Waals surface area contributed by atoms with Crippen molar-refractivity contribution in [3.05, 3.63) is 0 Å². The van der Waals surface area contributed by atoms with Gasteiger partial charge in [0.2, 0.25) is 0 Å². The Morgan fingerprint density at radius 1 is 1.55 bits per heavy atom. The first-order valence-electron chi connectivity index (χ1n) is 3.24. The van der Waals surface area contributed by atoms with Crippen molar-refractivity contribution >= 4 is 29.2 Å². The SMILES string of the molecule is O=C(O)CC[C@@H]1[C@H](O)C1(Cl)Cl. The summed E-state index contributed by atoms with van der Waals surface area (Å²) >= 11 is 11.1. The van der Waals surface area contributed by atoms with E-state index in [1.54, 1.807) is 0 Å². The molecule has 0 radical (unpaired) electrons. The van der Waals surface area contributed by atoms with E-state index in [4.69, 9.17) is 33.4 Å². The lowest BCUT2D eigenvalue weighted by molar-refractivity contribution is -0.137. The molecule has 0 aliphatic heterocycles. The van der Waals surface area contributed by atoms with Crippen molar-refractivity contribution < 1.29 is 15.0 Å². The molecule has 0 heterocycles. The minimum atomic E-state index is -1.10. The number of carboxylic acid groups (broad SMARTS) is 1. The smallest absolute Gasteiger partial charge is 0.303 e. The Hall–Kier alpha value is 0.01000. The molecule has 1 aliphatic carbocycles. The van der Waals surface area contributed by atoms with Crippen molar-refractivity contribution in [1.82, 2.24) is 0 Å². The number of aliphatic carboxylic acids is 1. The maximum atomic E-state index is 10.1. The molecule has 11 heavy (non-hydrogen) atoms. The number of alkyl halides is 2. The van der Waals surface area contributed by atoms with Crippen molar-refractivity contribution in [2.24, 2.45) is 5.92 Å². The molecule has 0 saturated heterocycles. The highest BCUT2D eigenvalue weighted by Gasteiger charge is 2.62. The molecule has 2 atom stereocenters. The van der Waals surface area contributed by atoms with Crippen LogP contribution >= 0.6 is 23.2 Å². The molecule has 1 aliphatic rings. The van der Waals surface area contributed by atoms with Crippen molar-refractivity contribution in [1.29, 1.82) is 0 Å². The van der Waals surface area contributed by atoms with Crippen LogP contribution in [0.3, 0.4) is 0 Å². The maximum Gasteiger partial charge on any atom is 0.303 e. The highest BCUT2D eigenvalue weighted by molar-refractivity contribution is 6.51. The van der Waals surface area contributed by atoms with Gasteiger partial charge in [-0.1, -0.05) is 23.2 Å². The van der Waals surface area contributed by atoms with Gasteiger partial charge in [0.05, 0.1) is 6.10 Å². The number of carbonyl (C=O) groups is 1. The highest BCUT2D eigenvalue weighted by atomic mass is 35.5. The fraction of sp³-hybridized carbons (Fsp3) is 0.833. The quantitative estimate of drug-likeness (QED) is 0.667. The van der Waals surface area contributed by atoms with E-state index < -0.39 is 16.4 Å². The standard InChI is InChI=1S/C6H8Cl2O3/c7-6(8)3(5(6)11)1-2-4(9)10/h3,5,11H,1-2H2,(H,9,10)/t3-,5+/m1/s1. The molecule has 0 aromatic rings. The van der Waals surface area contributed by atoms with Gasteiger partial charge in [-0.2, -0.15) is 0 Å². The molecule has 5 heteroatoms. The van der Waals surface area contributed by atoms with Crippen LogP contribution in [0.5, 0.6) is 0 Å². The summed E-state index contributed by atoms with van der Waals surface area (Å²) in [5, 5.41) is 17.3. The summed E-state index contributed by atoms with van der Waals surface area (Å²) < 4.78 is -1.10. The van der Waals surface area contributed by atoms with E-state index >= 15 is 0 Å². The average Bonchev–Trinajstić information content (AvgIpc) is 2.30. The number of halogens is 2. The van der Waals surface area contributed by atoms with E-state index in [9.17, 15) is 4.79 Å². The topological polar surface area (TPSA) is 57.5 Å². The third kappa shape index (κ3) is 1.78. The molecule has 0 amide bonds. The Kier molecular flexibility index (Phi) is 2.32. The van der Waals surface area contributed by atoms with Gasteiger partial charge in [-0.05, 0) is 6.42 Å². The molecule has 0 aromatic carbocycles. The average molecular weight is 199 g/mol. The summed E-state index contributed by atoms with van der Waals surface area (Å²) in [6.07, 6.45) is -0.419. The Labute approximate surface area is 73.9 Å². The number of hydrogen-bond acceptors (Lipinski definition) is 2. The van der Waals surface area contributed by atoms with Crippen molar-refractivity contribution in [2.45, 2.75) is 23.3 Å². The van der Waals surface area contributed by atoms with Crippen molar-refractivity contribution in [3.8, 4) is 0 Å². The van der Waals surface area contributed by atoms with Crippen LogP contribution in [0.2, 0.25) is 0 Å². The molecule has 0 aromatic heterocycles. The van der Waals surface area contributed by atoms with E-state index in [0.717, 1.165) is 0 Å². The second-order valence-electron chi connectivity index (χ2n) is 2.66. The molecule has 0 unspecified atom stereocenters. The van der Waals surface area contributed by atoms with E-state index in [0.29, 0.717) is 6.42 Å². The fourth-order valence-corrected chi connectivity index (χ4v) is 1.64. The van der Waals surface area contributed by atoms with E-state index in [-0.39, 0.29) is 12.3 Å². The molecular formula is C6H8Cl2O3. The van der Waals surface area contributed by atoms with Crippen LogP contribution in [0.25, 0.3) is 0 Å². The van der Waals surface area contributed by atoms with Crippen LogP contribution in [-0.4, -0.2) is 26.6 Å². The minimum absolute atomic E-state index is 0.00289. The van der Waals surface area contributed by atoms with Crippen LogP contribution in [-0.2, 0) is 4.79 Å². The van der Waals surface area contributed by atoms with Crippen molar-refractivity contribution in [3.63, 3.8) is 0 Å². The summed E-state index contributed by atoms with van der Waals surface area (Å²) in [5.74, 6) is -1.17. The third-order valence-electron chi connectivity index (χ3n) is 1.83. The summed E-state index contributed by atoms with van der Waals surface area (Å²) in [7, 11) is 0. The summed E-state index contributed by atoms with van der Waals surface area (Å²) in [4.78, 5) is 10.1. The zero-order valence-corrected chi connectivity index (χ0v) is 7.14. The van der Waals surface area contributed by atoms with Gasteiger partial charge >= 0.3 is 5.97 Å². The van der Waals surface area contributed by atoms with Gasteiger partial charge in [0.15, 0.2) is 0 Å². The summed E-state index contributed by atoms with van der Waals surface area (Å²) in [5.41, 5.74) is 0. The predicted molar refractivity (Wildman–Crippen MR) is 40.8 cm³/mol. The zero-order chi connectivity index (χ0) is 8.65. The number of rotatable bonds is 3. The molecule has 1 rings (SSSR count). The highest BCUT2D eigenvalue weighted by Crippen LogP contribution is 2.55. The van der Waals surface area contributed by atoms with Gasteiger partial charge in [-0.25, -0.2) is 0 Å². The number of carboxylic acids is 1. The molecule has 3 nitrogen and oxygen atoms in total. The largest absolute Gasteiger partial charge is 0.481 e. The van der Waals surface area contributed by atoms with Crippen LogP contribution in [0.15, 0.2) is 0 Å². The third-order valence-corrected chi connectivity index (χ3v) is 2.84. The Morgan fingerprint density at radius 2 is 2.00 bits per heavy atom. The van der Waals surface area contributed by atoms with Crippen molar-refractivity contribution in [2.75, 3.05) is 0 Å². The normalized spacial score (nSPS) is 33.4. The van der Waals surface area contributed by atoms with E-state index in [1.807, 2.05) is 0 Å². The maximum absolute atomic E-state index is 10.1. The first-order valence-corrected chi connectivity index (χ1v) is 3.99. The van der Waals surface area contributed by atoms with Gasteiger partial charge in [0, 0.05) is 12.3 Å². The molecule has 64 valence electrons. The van der Waals surface area contributed by atoms with Crippen LogP contribution < -0.4 is 0 Å². The second kappa shape index (κ2) is 2.81. The Morgan fingerprint density at radius 3 is 2.27 bits per heavy atom. The first kappa shape index (κ1) is 9.10. The van der Waals surface area contributed by atoms with E-state index in [1.165, 1.54) is 0 Å². The molecule has 0 bridgehead atoms. The van der Waals surface area contributed by atoms with Crippen LogP contribution in [0, 0.1) is 5.92 Å². The fourth-order valence-electron chi connectivity index (χ4n) is 1.00. The van der Waals surface area contributed by atoms with Gasteiger partial charge in [-0.3, -0.25) is 4.79 Å². The summed E-state index contributed by atoms with van der Waals surface area (Å²) in [6, 6.07) is 0. The van der Waals surface area contributed by atoms with Crippen LogP contribution in [0.1, 0.15) is 12.8 Å². The molecule has 0 spiro atoms. The van der Waals surface area contributed by atoms with Gasteiger partial charge < -0.3 is 10.2 Å². The van der Waals surface area contributed by atoms with Gasteiger partial charge in [0.1, 0.15) is 4.33 Å². The molecule has 1 fully saturated rings. The molecule has 2 N–H and O–H groups in total. The second-order valence-corrected chi connectivity index (χ2v) is 4.10. The lowest BCUT2D eigenvalue weighted by Gasteiger charge is -1.93. The predicted octanol–water partition coefficient (Wildman–Crippen LogP) is 1.02. The minimum Gasteiger partial charge on any atom is -0.481 e. The Bertz CT molecular complexity index is 181. The number of hydrogen-bond donors (Lipinski definition) is 2. The van der Waals surface area contributed by atoms with Gasteiger partial charge in [0.25, 0.3) is 0 Å². The first-order chi connectivity index (χ1) is 4.96. The van der Waals surface area contributed by atoms with E-state index in [2.05, 4.69) is 0 Å². The number of aliphatic hydroxyl groups is 1. The monoisotopic (exact) mass is 198 g/mol. The van der Waals surface area contributed by atoms with Crippen LogP contribution in [0.4, 0.5) is 0 Å². The summed E-state index contributed by atoms with van der Waals surface area (Å²) in [6.45, 7) is 0. The molecule has 1 saturated carbocycles. The molecular weight excluding hydrogens is 191 g/mol. The van der Waals surface area contributed by atoms with Gasteiger partial charge in [-0.15, -0.1) is 0 Å². The lowest BCUT2D eigenvalue weighted by Crippen LogP contribution is -1.97. The lowest BCUT2D eigenvalue weighted by atomic mass is 10.2. The Balaban J connectivity index is 2.27. The zero-order valence-electron chi connectivity index (χ0n) is 5.63. The number of aliphatic hydroxyl groups excluding tert-OH is 1.